The van der Waals surface area contributed by atoms with E-state index in [4.69, 9.17) is 14.8 Å². The zero-order valence-corrected chi connectivity index (χ0v) is 19.0. The summed E-state index contributed by atoms with van der Waals surface area (Å²) in [6.45, 7) is 8.51. The van der Waals surface area contributed by atoms with Crippen molar-refractivity contribution >= 4 is 22.6 Å². The van der Waals surface area contributed by atoms with Crippen molar-refractivity contribution in [3.63, 3.8) is 0 Å². The smallest absolute Gasteiger partial charge is 0.224 e. The fourth-order valence-electron chi connectivity index (χ4n) is 3.93. The molecule has 0 bridgehead atoms. The van der Waals surface area contributed by atoms with E-state index in [1.54, 1.807) is 0 Å². The topological polar surface area (TPSA) is 69.0 Å². The summed E-state index contributed by atoms with van der Waals surface area (Å²) in [5, 5.41) is 8.71. The molecule has 0 saturated carbocycles. The highest BCUT2D eigenvalue weighted by Crippen LogP contribution is 2.32. The molecule has 0 unspecified atom stereocenters. The molecule has 0 saturated heterocycles. The van der Waals surface area contributed by atoms with Crippen LogP contribution in [0.1, 0.15) is 35.7 Å². The molecule has 0 atom stereocenters. The van der Waals surface area contributed by atoms with E-state index in [-0.39, 0.29) is 5.91 Å². The van der Waals surface area contributed by atoms with Gasteiger partial charge in [-0.25, -0.2) is 4.68 Å². The number of amides is 1. The Morgan fingerprint density at radius 2 is 1.75 bits per heavy atom. The zero-order valence-electron chi connectivity index (χ0n) is 19.0. The molecule has 1 N–H and O–H groups in total. The molecule has 0 aliphatic rings. The summed E-state index contributed by atoms with van der Waals surface area (Å²) in [7, 11) is 0. The van der Waals surface area contributed by atoms with Gasteiger partial charge in [0.05, 0.1) is 18.0 Å². The summed E-state index contributed by atoms with van der Waals surface area (Å²) in [5.74, 6) is 0.533. The average Bonchev–Trinajstić information content (AvgIpc) is 3.12. The van der Waals surface area contributed by atoms with E-state index in [1.807, 2.05) is 80.1 Å². The van der Waals surface area contributed by atoms with E-state index in [0.29, 0.717) is 25.3 Å². The molecule has 164 valence electrons. The number of hydrogen-bond donors (Lipinski definition) is 1. The SMILES string of the molecule is CCOc1nc2c(c(C)nn2-c2ccccc2)c(C)c1CCC(=O)Nc1ccc(C)cc1. The molecular weight excluding hydrogens is 400 g/mol. The van der Waals surface area contributed by atoms with E-state index in [1.165, 1.54) is 0 Å². The molecule has 2 aromatic heterocycles. The number of carbonyl (C=O) groups is 1. The van der Waals surface area contributed by atoms with E-state index < -0.39 is 0 Å². The predicted molar refractivity (Wildman–Crippen MR) is 128 cm³/mol. The van der Waals surface area contributed by atoms with Crippen molar-refractivity contribution < 1.29 is 9.53 Å². The maximum atomic E-state index is 12.6. The van der Waals surface area contributed by atoms with Gasteiger partial charge in [0.1, 0.15) is 0 Å². The Morgan fingerprint density at radius 1 is 1.03 bits per heavy atom. The molecule has 4 aromatic rings. The molecule has 2 aromatic carbocycles. The van der Waals surface area contributed by atoms with Crippen molar-refractivity contribution in [3.8, 4) is 11.6 Å². The zero-order chi connectivity index (χ0) is 22.7. The van der Waals surface area contributed by atoms with Gasteiger partial charge in [0.25, 0.3) is 0 Å². The first-order chi connectivity index (χ1) is 15.5. The predicted octanol–water partition coefficient (Wildman–Crippen LogP) is 5.32. The Kier molecular flexibility index (Phi) is 6.21. The molecular formula is C26H28N4O2. The number of fused-ring (bicyclic) bond motifs is 1. The third-order valence-corrected chi connectivity index (χ3v) is 5.55. The minimum atomic E-state index is -0.0347. The molecule has 1 amide bonds. The molecule has 6 heteroatoms. The maximum absolute atomic E-state index is 12.6. The van der Waals surface area contributed by atoms with E-state index >= 15 is 0 Å². The number of nitrogens with one attached hydrogen (secondary N) is 1. The number of nitrogens with zero attached hydrogens (tertiary/aromatic N) is 3. The monoisotopic (exact) mass is 428 g/mol. The average molecular weight is 429 g/mol. The number of para-hydroxylation sites is 1. The van der Waals surface area contributed by atoms with Gasteiger partial charge >= 0.3 is 0 Å². The Bertz CT molecular complexity index is 1240. The van der Waals surface area contributed by atoms with Gasteiger partial charge in [-0.05, 0) is 63.9 Å². The third-order valence-electron chi connectivity index (χ3n) is 5.55. The molecule has 6 nitrogen and oxygen atoms in total. The Labute approximate surface area is 188 Å². The Balaban J connectivity index is 1.65. The summed E-state index contributed by atoms with van der Waals surface area (Å²) in [6, 6.07) is 17.8. The number of carbonyl (C=O) groups excluding carboxylic acids is 1. The van der Waals surface area contributed by atoms with Gasteiger partial charge in [-0.3, -0.25) is 4.79 Å². The lowest BCUT2D eigenvalue weighted by Crippen LogP contribution is -2.13. The van der Waals surface area contributed by atoms with Crippen LogP contribution in [0.4, 0.5) is 5.69 Å². The van der Waals surface area contributed by atoms with Crippen molar-refractivity contribution in [3.05, 3.63) is 77.0 Å². The number of benzene rings is 2. The molecule has 0 spiro atoms. The van der Waals surface area contributed by atoms with Crippen molar-refractivity contribution in [1.29, 1.82) is 0 Å². The van der Waals surface area contributed by atoms with Crippen LogP contribution in [0.15, 0.2) is 54.6 Å². The summed E-state index contributed by atoms with van der Waals surface area (Å²) in [6.07, 6.45) is 0.881. The van der Waals surface area contributed by atoms with Gasteiger partial charge in [0, 0.05) is 23.1 Å². The first-order valence-electron chi connectivity index (χ1n) is 10.9. The summed E-state index contributed by atoms with van der Waals surface area (Å²) in [4.78, 5) is 17.4. The van der Waals surface area contributed by atoms with Crippen LogP contribution in [0, 0.1) is 20.8 Å². The maximum Gasteiger partial charge on any atom is 0.224 e. The second kappa shape index (κ2) is 9.22. The van der Waals surface area contributed by atoms with Crippen LogP contribution in [-0.2, 0) is 11.2 Å². The van der Waals surface area contributed by atoms with Crippen LogP contribution in [0.5, 0.6) is 5.88 Å². The first-order valence-corrected chi connectivity index (χ1v) is 10.9. The van der Waals surface area contributed by atoms with Crippen LogP contribution >= 0.6 is 0 Å². The minimum Gasteiger partial charge on any atom is -0.478 e. The normalized spacial score (nSPS) is 11.0. The number of aromatic nitrogens is 3. The van der Waals surface area contributed by atoms with Gasteiger partial charge in [-0.1, -0.05) is 35.9 Å². The lowest BCUT2D eigenvalue weighted by Gasteiger charge is -2.14. The molecule has 0 aliphatic carbocycles. The van der Waals surface area contributed by atoms with Gasteiger partial charge in [-0.2, -0.15) is 10.1 Å². The van der Waals surface area contributed by atoms with Gasteiger partial charge < -0.3 is 10.1 Å². The van der Waals surface area contributed by atoms with Crippen molar-refractivity contribution in [2.45, 2.75) is 40.5 Å². The fraction of sp³-hybridized carbons (Fsp3) is 0.269. The molecule has 32 heavy (non-hydrogen) atoms. The summed E-state index contributed by atoms with van der Waals surface area (Å²) < 4.78 is 7.76. The van der Waals surface area contributed by atoms with Gasteiger partial charge in [-0.15, -0.1) is 0 Å². The van der Waals surface area contributed by atoms with Crippen molar-refractivity contribution in [1.82, 2.24) is 14.8 Å². The summed E-state index contributed by atoms with van der Waals surface area (Å²) >= 11 is 0. The van der Waals surface area contributed by atoms with E-state index in [9.17, 15) is 4.79 Å². The molecule has 0 fully saturated rings. The van der Waals surface area contributed by atoms with Gasteiger partial charge in [0.15, 0.2) is 5.65 Å². The largest absolute Gasteiger partial charge is 0.478 e. The number of anilines is 1. The second-order valence-corrected chi connectivity index (χ2v) is 7.90. The Hall–Kier alpha value is -3.67. The van der Waals surface area contributed by atoms with E-state index in [0.717, 1.165) is 44.8 Å². The summed E-state index contributed by atoms with van der Waals surface area (Å²) in [5.41, 5.74) is 6.59. The van der Waals surface area contributed by atoms with Crippen molar-refractivity contribution in [2.24, 2.45) is 0 Å². The third kappa shape index (κ3) is 4.35. The first kappa shape index (κ1) is 21.6. The highest BCUT2D eigenvalue weighted by molar-refractivity contribution is 5.91. The molecule has 4 rings (SSSR count). The van der Waals surface area contributed by atoms with Crippen LogP contribution in [0.2, 0.25) is 0 Å². The second-order valence-electron chi connectivity index (χ2n) is 7.90. The number of pyridine rings is 1. The highest BCUT2D eigenvalue weighted by atomic mass is 16.5. The fourth-order valence-corrected chi connectivity index (χ4v) is 3.93. The molecule has 0 aliphatic heterocycles. The lowest BCUT2D eigenvalue weighted by atomic mass is 10.0. The van der Waals surface area contributed by atoms with E-state index in [2.05, 4.69) is 12.2 Å². The van der Waals surface area contributed by atoms with Crippen LogP contribution in [0.3, 0.4) is 0 Å². The number of aryl methyl sites for hydroxylation is 3. The number of hydrogen-bond acceptors (Lipinski definition) is 4. The number of ether oxygens (including phenoxy) is 1. The van der Waals surface area contributed by atoms with Gasteiger partial charge in [0.2, 0.25) is 11.8 Å². The van der Waals surface area contributed by atoms with Crippen LogP contribution in [0.25, 0.3) is 16.7 Å². The lowest BCUT2D eigenvalue weighted by molar-refractivity contribution is -0.116. The minimum absolute atomic E-state index is 0.0347. The molecule has 0 radical (unpaired) electrons. The quantitative estimate of drug-likeness (QED) is 0.433. The van der Waals surface area contributed by atoms with Crippen LogP contribution in [-0.4, -0.2) is 27.3 Å². The van der Waals surface area contributed by atoms with Crippen LogP contribution < -0.4 is 10.1 Å². The number of rotatable bonds is 7. The van der Waals surface area contributed by atoms with Crippen molar-refractivity contribution in [2.75, 3.05) is 11.9 Å². The molecule has 2 heterocycles. The standard InChI is InChI=1S/C26H28N4O2/c1-5-32-26-22(15-16-23(31)27-20-13-11-17(2)12-14-20)18(3)24-19(4)29-30(25(24)28-26)21-9-7-6-8-10-21/h6-14H,5,15-16H2,1-4H3,(H,27,31). The Morgan fingerprint density at radius 3 is 2.44 bits per heavy atom. The highest BCUT2D eigenvalue weighted by Gasteiger charge is 2.20.